The Morgan fingerprint density at radius 3 is 2.52 bits per heavy atom. The number of hydrogen-bond acceptors (Lipinski definition) is 3. The molecular formula is C22H27FN3O3+. The van der Waals surface area contributed by atoms with Crippen molar-refractivity contribution in [1.82, 2.24) is 4.90 Å². The lowest BCUT2D eigenvalue weighted by atomic mass is 10.2. The summed E-state index contributed by atoms with van der Waals surface area (Å²) in [7, 11) is 0. The topological polar surface area (TPSA) is 63.1 Å². The number of anilines is 1. The molecule has 6 nitrogen and oxygen atoms in total. The summed E-state index contributed by atoms with van der Waals surface area (Å²) in [6.45, 7) is 6.61. The van der Waals surface area contributed by atoms with Gasteiger partial charge < -0.3 is 19.9 Å². The summed E-state index contributed by atoms with van der Waals surface area (Å²) in [5, 5.41) is 2.77. The third-order valence-corrected chi connectivity index (χ3v) is 4.97. The van der Waals surface area contributed by atoms with Gasteiger partial charge in [0.15, 0.2) is 12.6 Å². The summed E-state index contributed by atoms with van der Waals surface area (Å²) in [6.07, 6.45) is -0.555. The molecule has 2 aromatic rings. The first-order valence-electron chi connectivity index (χ1n) is 9.82. The molecule has 1 aliphatic rings. The number of amides is 2. The van der Waals surface area contributed by atoms with Crippen molar-refractivity contribution in [2.45, 2.75) is 20.0 Å². The van der Waals surface area contributed by atoms with E-state index in [0.717, 1.165) is 10.5 Å². The fourth-order valence-corrected chi connectivity index (χ4v) is 3.39. The van der Waals surface area contributed by atoms with E-state index in [-0.39, 0.29) is 17.6 Å². The molecule has 7 heteroatoms. The molecule has 1 fully saturated rings. The Hall–Kier alpha value is -2.93. The molecule has 1 heterocycles. The van der Waals surface area contributed by atoms with Gasteiger partial charge in [0.1, 0.15) is 11.6 Å². The Balaban J connectivity index is 1.43. The molecule has 1 atom stereocenters. The van der Waals surface area contributed by atoms with Crippen LogP contribution in [0.1, 0.15) is 12.5 Å². The van der Waals surface area contributed by atoms with Gasteiger partial charge in [0.2, 0.25) is 0 Å². The van der Waals surface area contributed by atoms with Crippen LogP contribution in [0.3, 0.4) is 0 Å². The Bertz CT molecular complexity index is 849. The zero-order chi connectivity index (χ0) is 20.8. The lowest BCUT2D eigenvalue weighted by molar-refractivity contribution is -0.895. The largest absolute Gasteiger partial charge is 0.481 e. The van der Waals surface area contributed by atoms with Gasteiger partial charge in [-0.2, -0.15) is 0 Å². The van der Waals surface area contributed by atoms with Crippen molar-refractivity contribution in [3.63, 3.8) is 0 Å². The van der Waals surface area contributed by atoms with Gasteiger partial charge in [-0.3, -0.25) is 9.59 Å². The van der Waals surface area contributed by atoms with Gasteiger partial charge >= 0.3 is 0 Å². The van der Waals surface area contributed by atoms with E-state index < -0.39 is 6.10 Å². The first kappa shape index (κ1) is 20.8. The molecule has 2 aromatic carbocycles. The number of hydrogen-bond donors (Lipinski definition) is 2. The number of piperazine rings is 1. The second kappa shape index (κ2) is 9.52. The van der Waals surface area contributed by atoms with Gasteiger partial charge in [0, 0.05) is 5.69 Å². The number of rotatable bonds is 6. The highest BCUT2D eigenvalue weighted by Crippen LogP contribution is 2.15. The van der Waals surface area contributed by atoms with Crippen LogP contribution in [0.15, 0.2) is 48.5 Å². The van der Waals surface area contributed by atoms with E-state index in [1.807, 2.05) is 31.2 Å². The maximum Gasteiger partial charge on any atom is 0.279 e. The molecule has 0 aliphatic carbocycles. The number of benzene rings is 2. The molecule has 0 spiro atoms. The Morgan fingerprint density at radius 1 is 1.17 bits per heavy atom. The molecule has 0 bridgehead atoms. The van der Waals surface area contributed by atoms with E-state index in [4.69, 9.17) is 4.74 Å². The highest BCUT2D eigenvalue weighted by atomic mass is 19.1. The SMILES string of the molecule is Cc1cccc(O[C@@H](C)C(=O)N2CC[NH+](CC(=O)Nc3ccc(F)cc3)CC2)c1. The van der Waals surface area contributed by atoms with Crippen molar-refractivity contribution in [2.75, 3.05) is 38.0 Å². The second-order valence-corrected chi connectivity index (χ2v) is 7.38. The summed E-state index contributed by atoms with van der Waals surface area (Å²) in [5.41, 5.74) is 1.66. The highest BCUT2D eigenvalue weighted by molar-refractivity contribution is 5.91. The molecule has 0 aromatic heterocycles. The Kier molecular flexibility index (Phi) is 6.82. The molecule has 3 rings (SSSR count). The third-order valence-electron chi connectivity index (χ3n) is 4.97. The molecule has 154 valence electrons. The molecule has 2 N–H and O–H groups in total. The van der Waals surface area contributed by atoms with Crippen molar-refractivity contribution >= 4 is 17.5 Å². The second-order valence-electron chi connectivity index (χ2n) is 7.38. The summed E-state index contributed by atoms with van der Waals surface area (Å²) in [4.78, 5) is 27.8. The number of carbonyl (C=O) groups excluding carboxylic acids is 2. The van der Waals surface area contributed by atoms with E-state index in [0.29, 0.717) is 44.2 Å². The van der Waals surface area contributed by atoms with Gasteiger partial charge in [-0.25, -0.2) is 4.39 Å². The molecule has 1 aliphatic heterocycles. The Morgan fingerprint density at radius 2 is 1.86 bits per heavy atom. The predicted molar refractivity (Wildman–Crippen MR) is 108 cm³/mol. The van der Waals surface area contributed by atoms with Crippen LogP contribution in [0, 0.1) is 12.7 Å². The smallest absolute Gasteiger partial charge is 0.279 e. The molecule has 0 radical (unpaired) electrons. The van der Waals surface area contributed by atoms with E-state index in [9.17, 15) is 14.0 Å². The van der Waals surface area contributed by atoms with Gasteiger partial charge in [-0.15, -0.1) is 0 Å². The third kappa shape index (κ3) is 6.02. The first-order valence-corrected chi connectivity index (χ1v) is 9.82. The fraction of sp³-hybridized carbons (Fsp3) is 0.364. The molecule has 29 heavy (non-hydrogen) atoms. The van der Waals surface area contributed by atoms with Crippen molar-refractivity contribution in [1.29, 1.82) is 0 Å². The number of ether oxygens (including phenoxy) is 1. The minimum Gasteiger partial charge on any atom is -0.481 e. The van der Waals surface area contributed by atoms with Crippen LogP contribution >= 0.6 is 0 Å². The number of nitrogens with zero attached hydrogens (tertiary/aromatic N) is 1. The number of carbonyl (C=O) groups is 2. The molecule has 0 saturated carbocycles. The van der Waals surface area contributed by atoms with Crippen LogP contribution in [-0.2, 0) is 9.59 Å². The van der Waals surface area contributed by atoms with Crippen LogP contribution in [0.2, 0.25) is 0 Å². The van der Waals surface area contributed by atoms with Crippen molar-refractivity contribution in [2.24, 2.45) is 0 Å². The van der Waals surface area contributed by atoms with Gasteiger partial charge in [0.25, 0.3) is 11.8 Å². The molecule has 0 unspecified atom stereocenters. The lowest BCUT2D eigenvalue weighted by Gasteiger charge is -2.33. The van der Waals surface area contributed by atoms with Crippen LogP contribution in [0.5, 0.6) is 5.75 Å². The summed E-state index contributed by atoms with van der Waals surface area (Å²) in [6, 6.07) is 13.3. The van der Waals surface area contributed by atoms with E-state index >= 15 is 0 Å². The van der Waals surface area contributed by atoms with Gasteiger partial charge in [0.05, 0.1) is 26.2 Å². The molecule has 2 amide bonds. The van der Waals surface area contributed by atoms with Gasteiger partial charge in [-0.05, 0) is 55.8 Å². The zero-order valence-electron chi connectivity index (χ0n) is 16.8. The maximum atomic E-state index is 12.9. The number of aryl methyl sites for hydroxylation is 1. The summed E-state index contributed by atoms with van der Waals surface area (Å²) >= 11 is 0. The Labute approximate surface area is 170 Å². The first-order chi connectivity index (χ1) is 13.9. The number of nitrogens with one attached hydrogen (secondary N) is 2. The van der Waals surface area contributed by atoms with Crippen LogP contribution < -0.4 is 15.0 Å². The molecular weight excluding hydrogens is 373 g/mol. The van der Waals surface area contributed by atoms with Crippen molar-refractivity contribution in [3.8, 4) is 5.75 Å². The van der Waals surface area contributed by atoms with Crippen LogP contribution in [0.25, 0.3) is 0 Å². The van der Waals surface area contributed by atoms with Crippen LogP contribution in [0.4, 0.5) is 10.1 Å². The minimum atomic E-state index is -0.555. The van der Waals surface area contributed by atoms with Gasteiger partial charge in [-0.1, -0.05) is 12.1 Å². The monoisotopic (exact) mass is 400 g/mol. The zero-order valence-corrected chi connectivity index (χ0v) is 16.8. The van der Waals surface area contributed by atoms with E-state index in [1.165, 1.54) is 24.3 Å². The van der Waals surface area contributed by atoms with Crippen LogP contribution in [-0.4, -0.2) is 55.5 Å². The normalized spacial score (nSPS) is 15.6. The summed E-state index contributed by atoms with van der Waals surface area (Å²) in [5.74, 6) is 0.187. The predicted octanol–water partition coefficient (Wildman–Crippen LogP) is 1.27. The minimum absolute atomic E-state index is 0.0404. The number of quaternary nitrogens is 1. The molecule has 1 saturated heterocycles. The quantitative estimate of drug-likeness (QED) is 0.768. The highest BCUT2D eigenvalue weighted by Gasteiger charge is 2.28. The van der Waals surface area contributed by atoms with Crippen molar-refractivity contribution in [3.05, 3.63) is 59.9 Å². The average molecular weight is 400 g/mol. The average Bonchev–Trinajstić information content (AvgIpc) is 2.70. The fourth-order valence-electron chi connectivity index (χ4n) is 3.39. The van der Waals surface area contributed by atoms with E-state index in [1.54, 1.807) is 11.8 Å². The summed E-state index contributed by atoms with van der Waals surface area (Å²) < 4.78 is 18.7. The standard InChI is InChI=1S/C22H26FN3O3/c1-16-4-3-5-20(14-16)29-17(2)22(28)26-12-10-25(11-13-26)15-21(27)24-19-8-6-18(23)7-9-19/h3-9,14,17H,10-13,15H2,1-2H3,(H,24,27)/p+1/t17-/m0/s1. The maximum absolute atomic E-state index is 12.9. The lowest BCUT2D eigenvalue weighted by Crippen LogP contribution is -3.15. The van der Waals surface area contributed by atoms with E-state index in [2.05, 4.69) is 5.32 Å². The van der Waals surface area contributed by atoms with Crippen molar-refractivity contribution < 1.29 is 23.6 Å². The number of halogens is 1.